The minimum Gasteiger partial charge on any atom is -0.395 e. The highest BCUT2D eigenvalue weighted by atomic mass is 32.2. The summed E-state index contributed by atoms with van der Waals surface area (Å²) in [6.07, 6.45) is 4.40. The van der Waals surface area contributed by atoms with Gasteiger partial charge in [-0.2, -0.15) is 23.5 Å². The van der Waals surface area contributed by atoms with Crippen LogP contribution in [0.4, 0.5) is 0 Å². The molecule has 0 bridgehead atoms. The lowest BCUT2D eigenvalue weighted by Crippen LogP contribution is -2.11. The Morgan fingerprint density at radius 2 is 1.38 bits per heavy atom. The Morgan fingerprint density at radius 1 is 0.923 bits per heavy atom. The average molecular weight is 467 g/mol. The van der Waals surface area contributed by atoms with Gasteiger partial charge < -0.3 is 10.2 Å². The summed E-state index contributed by atoms with van der Waals surface area (Å²) in [5.74, 6) is 2.10. The van der Waals surface area contributed by atoms with Crippen molar-refractivity contribution in [2.75, 3.05) is 37.2 Å². The highest BCUT2D eigenvalue weighted by Gasteiger charge is 2.35. The van der Waals surface area contributed by atoms with Crippen molar-refractivity contribution in [1.82, 2.24) is 0 Å². The summed E-state index contributed by atoms with van der Waals surface area (Å²) in [6, 6.07) is 9.14. The molecule has 0 spiro atoms. The lowest BCUT2D eigenvalue weighted by atomic mass is 10.1. The summed E-state index contributed by atoms with van der Waals surface area (Å²) in [6.45, 7) is 0.567. The highest BCUT2D eigenvalue weighted by Crippen LogP contribution is 2.52. The zero-order valence-electron chi connectivity index (χ0n) is 14.9. The fourth-order valence-corrected chi connectivity index (χ4v) is 13.0. The van der Waals surface area contributed by atoms with Crippen molar-refractivity contribution in [2.45, 2.75) is 30.2 Å². The maximum Gasteiger partial charge on any atom is 0.0665 e. The van der Waals surface area contributed by atoms with Gasteiger partial charge in [0, 0.05) is 22.0 Å². The van der Waals surface area contributed by atoms with Crippen molar-refractivity contribution in [1.29, 1.82) is 0 Å². The lowest BCUT2D eigenvalue weighted by Gasteiger charge is -2.25. The Bertz CT molecular complexity index is 529. The molecule has 2 fully saturated rings. The van der Waals surface area contributed by atoms with Crippen molar-refractivity contribution in [3.8, 4) is 0 Å². The topological polar surface area (TPSA) is 40.5 Å². The van der Waals surface area contributed by atoms with Gasteiger partial charge >= 0.3 is 0 Å². The van der Waals surface area contributed by atoms with E-state index in [1.54, 1.807) is 0 Å². The predicted molar refractivity (Wildman–Crippen MR) is 128 cm³/mol. The summed E-state index contributed by atoms with van der Waals surface area (Å²) in [5.41, 5.74) is 2.81. The van der Waals surface area contributed by atoms with Crippen molar-refractivity contribution < 1.29 is 10.2 Å². The Kier molecular flexibility index (Phi) is 9.16. The summed E-state index contributed by atoms with van der Waals surface area (Å²) < 4.78 is 1.03. The van der Waals surface area contributed by atoms with Crippen LogP contribution < -0.4 is 0 Å². The number of hydrogen-bond acceptors (Lipinski definition) is 8. The van der Waals surface area contributed by atoms with Crippen LogP contribution >= 0.6 is 70.6 Å². The van der Waals surface area contributed by atoms with Crippen LogP contribution in [0.3, 0.4) is 0 Å². The van der Waals surface area contributed by atoms with Crippen molar-refractivity contribution in [3.05, 3.63) is 35.4 Å². The zero-order valence-corrected chi connectivity index (χ0v) is 19.8. The molecule has 0 amide bonds. The van der Waals surface area contributed by atoms with Crippen molar-refractivity contribution in [3.63, 3.8) is 0 Å². The van der Waals surface area contributed by atoms with E-state index < -0.39 is 0 Å². The molecular weight excluding hydrogens is 441 g/mol. The monoisotopic (exact) mass is 466 g/mol. The lowest BCUT2D eigenvalue weighted by molar-refractivity contribution is 0.301. The number of aliphatic hydroxyl groups excluding tert-OH is 2. The first kappa shape index (κ1) is 21.9. The highest BCUT2D eigenvalue weighted by molar-refractivity contribution is 8.22. The van der Waals surface area contributed by atoms with Crippen LogP contribution in [0.5, 0.6) is 0 Å². The minimum absolute atomic E-state index is 0.284. The standard InChI is InChI=1S/C18H26O2S6/c1-21-15(17-23-9-13(7-19)25-17)11-4-3-5-12(6-11)16(22-2)18-24-10-14(8-20)26-18/h3-6,13-20H,7-10H2,1-2H3. The van der Waals surface area contributed by atoms with Gasteiger partial charge in [-0.1, -0.05) is 24.3 Å². The molecule has 2 nitrogen and oxygen atoms in total. The predicted octanol–water partition coefficient (Wildman–Crippen LogP) is 4.83. The number of hydrogen-bond donors (Lipinski definition) is 2. The van der Waals surface area contributed by atoms with E-state index in [1.807, 2.05) is 70.6 Å². The van der Waals surface area contributed by atoms with E-state index in [0.29, 0.717) is 30.2 Å². The molecular formula is C18H26O2S6. The van der Waals surface area contributed by atoms with Crippen LogP contribution in [0.15, 0.2) is 24.3 Å². The largest absolute Gasteiger partial charge is 0.395 e. The van der Waals surface area contributed by atoms with Crippen LogP contribution in [-0.4, -0.2) is 67.1 Å². The Balaban J connectivity index is 1.76. The van der Waals surface area contributed by atoms with Gasteiger partial charge in [-0.3, -0.25) is 0 Å². The molecule has 0 radical (unpaired) electrons. The second kappa shape index (κ2) is 10.9. The van der Waals surface area contributed by atoms with E-state index in [2.05, 4.69) is 36.8 Å². The van der Waals surface area contributed by atoms with Crippen LogP contribution in [0, 0.1) is 0 Å². The Morgan fingerprint density at radius 3 is 1.73 bits per heavy atom. The number of thioether (sulfide) groups is 6. The molecule has 1 aromatic carbocycles. The quantitative estimate of drug-likeness (QED) is 0.565. The first-order valence-electron chi connectivity index (χ1n) is 8.61. The van der Waals surface area contributed by atoms with E-state index in [9.17, 15) is 10.2 Å². The first-order valence-corrected chi connectivity index (χ1v) is 15.2. The van der Waals surface area contributed by atoms with Gasteiger partial charge in [0.25, 0.3) is 0 Å². The molecule has 26 heavy (non-hydrogen) atoms. The smallest absolute Gasteiger partial charge is 0.0665 e. The van der Waals surface area contributed by atoms with Crippen LogP contribution in [0.1, 0.15) is 21.6 Å². The van der Waals surface area contributed by atoms with Gasteiger partial charge in [0.15, 0.2) is 0 Å². The molecule has 2 saturated heterocycles. The second-order valence-corrected chi connectivity index (χ2v) is 14.1. The van der Waals surface area contributed by atoms with Crippen LogP contribution in [0.2, 0.25) is 0 Å². The van der Waals surface area contributed by atoms with Crippen LogP contribution in [-0.2, 0) is 0 Å². The van der Waals surface area contributed by atoms with Crippen LogP contribution in [0.25, 0.3) is 0 Å². The Hall–Kier alpha value is 1.24. The molecule has 2 heterocycles. The van der Waals surface area contributed by atoms with E-state index in [-0.39, 0.29) is 13.2 Å². The third-order valence-corrected chi connectivity index (χ3v) is 14.1. The third-order valence-electron chi connectivity index (χ3n) is 4.52. The molecule has 8 heteroatoms. The van der Waals surface area contributed by atoms with Gasteiger partial charge in [-0.05, 0) is 23.6 Å². The van der Waals surface area contributed by atoms with E-state index >= 15 is 0 Å². The Labute approximate surface area is 182 Å². The van der Waals surface area contributed by atoms with Gasteiger partial charge in [-0.25, -0.2) is 0 Å². The number of aliphatic hydroxyl groups is 2. The summed E-state index contributed by atoms with van der Waals surface area (Å²) in [7, 11) is 0. The molecule has 0 aliphatic carbocycles. The van der Waals surface area contributed by atoms with Gasteiger partial charge in [0.05, 0.1) is 32.9 Å². The second-order valence-electron chi connectivity index (χ2n) is 6.27. The normalized spacial score (nSPS) is 31.2. The van der Waals surface area contributed by atoms with Gasteiger partial charge in [0.1, 0.15) is 0 Å². The molecule has 2 aliphatic heterocycles. The molecule has 0 aromatic heterocycles. The van der Waals surface area contributed by atoms with Crippen molar-refractivity contribution >= 4 is 70.6 Å². The summed E-state index contributed by atoms with van der Waals surface area (Å²) >= 11 is 11.7. The molecule has 0 saturated carbocycles. The molecule has 6 atom stereocenters. The third kappa shape index (κ3) is 5.23. The van der Waals surface area contributed by atoms with E-state index in [4.69, 9.17) is 0 Å². The number of rotatable bonds is 8. The van der Waals surface area contributed by atoms with Gasteiger partial charge in [0.2, 0.25) is 0 Å². The zero-order chi connectivity index (χ0) is 18.5. The SMILES string of the molecule is CSC(c1cccc(C(SC)C2SCC(CO)S2)c1)C1SCC(CO)S1. The van der Waals surface area contributed by atoms with E-state index in [0.717, 1.165) is 11.5 Å². The first-order chi connectivity index (χ1) is 12.7. The average Bonchev–Trinajstić information content (AvgIpc) is 3.33. The minimum atomic E-state index is 0.284. The van der Waals surface area contributed by atoms with Crippen molar-refractivity contribution in [2.24, 2.45) is 0 Å². The van der Waals surface area contributed by atoms with Gasteiger partial charge in [-0.15, -0.1) is 47.0 Å². The fraction of sp³-hybridized carbons (Fsp3) is 0.667. The molecule has 2 aliphatic rings. The molecule has 2 N–H and O–H groups in total. The molecule has 1 aromatic rings. The molecule has 3 rings (SSSR count). The van der Waals surface area contributed by atoms with E-state index in [1.165, 1.54) is 11.1 Å². The molecule has 6 unspecified atom stereocenters. The molecule has 146 valence electrons. The summed E-state index contributed by atoms with van der Waals surface area (Å²) in [4.78, 5) is 0. The maximum absolute atomic E-state index is 9.45. The summed E-state index contributed by atoms with van der Waals surface area (Å²) in [5, 5.41) is 20.6. The maximum atomic E-state index is 9.45. The number of benzene rings is 1. The fourth-order valence-electron chi connectivity index (χ4n) is 3.17.